The number of anilines is 1. The van der Waals surface area contributed by atoms with Gasteiger partial charge in [-0.1, -0.05) is 15.9 Å². The second kappa shape index (κ2) is 5.65. The minimum Gasteiger partial charge on any atom is -0.480 e. The molecule has 0 saturated heterocycles. The molecule has 0 heterocycles. The summed E-state index contributed by atoms with van der Waals surface area (Å²) in [5.74, 6) is -1.91. The average Bonchev–Trinajstić information content (AvgIpc) is 2.23. The largest absolute Gasteiger partial charge is 0.480 e. The van der Waals surface area contributed by atoms with Crippen LogP contribution in [0.3, 0.4) is 0 Å². The van der Waals surface area contributed by atoms with Gasteiger partial charge in [0.2, 0.25) is 0 Å². The zero-order chi connectivity index (χ0) is 13.0. The summed E-state index contributed by atoms with van der Waals surface area (Å²) in [5.41, 5.74) is 6.14. The molecule has 1 atom stereocenters. The summed E-state index contributed by atoms with van der Waals surface area (Å²) < 4.78 is 0.610. The van der Waals surface area contributed by atoms with E-state index in [1.807, 2.05) is 0 Å². The molecule has 0 spiro atoms. The van der Waals surface area contributed by atoms with E-state index in [4.69, 9.17) is 15.9 Å². The van der Waals surface area contributed by atoms with Crippen molar-refractivity contribution < 1.29 is 19.8 Å². The summed E-state index contributed by atoms with van der Waals surface area (Å²) >= 11 is 3.17. The van der Waals surface area contributed by atoms with Gasteiger partial charge in [-0.15, -0.1) is 0 Å². The van der Waals surface area contributed by atoms with Gasteiger partial charge in [0.25, 0.3) is 5.91 Å². The Morgan fingerprint density at radius 1 is 1.41 bits per heavy atom. The molecule has 0 fully saturated rings. The zero-order valence-corrected chi connectivity index (χ0v) is 10.3. The number of hydrogen-bond donors (Lipinski definition) is 4. The molecule has 0 radical (unpaired) electrons. The lowest BCUT2D eigenvalue weighted by molar-refractivity contribution is -0.140. The van der Waals surface area contributed by atoms with Crippen LogP contribution < -0.4 is 11.1 Å². The molecule has 0 aliphatic carbocycles. The number of rotatable bonds is 4. The van der Waals surface area contributed by atoms with E-state index in [0.29, 0.717) is 10.2 Å². The van der Waals surface area contributed by atoms with Crippen LogP contribution in [0.4, 0.5) is 5.69 Å². The molecule has 0 aliphatic heterocycles. The van der Waals surface area contributed by atoms with E-state index in [0.717, 1.165) is 0 Å². The molecule has 7 heteroatoms. The average molecular weight is 303 g/mol. The lowest BCUT2D eigenvalue weighted by atomic mass is 10.2. The third-order valence-electron chi connectivity index (χ3n) is 1.97. The number of nitrogen functional groups attached to an aromatic ring is 1. The number of carbonyl (C=O) groups is 2. The Morgan fingerprint density at radius 2 is 2.06 bits per heavy atom. The van der Waals surface area contributed by atoms with Crippen molar-refractivity contribution in [1.29, 1.82) is 0 Å². The van der Waals surface area contributed by atoms with Crippen molar-refractivity contribution in [1.82, 2.24) is 5.32 Å². The van der Waals surface area contributed by atoms with Crippen LogP contribution in [0.5, 0.6) is 0 Å². The SMILES string of the molecule is Nc1cc(Br)cc(C(=O)NC(CO)C(=O)O)c1. The first-order chi connectivity index (χ1) is 7.93. The van der Waals surface area contributed by atoms with Crippen LogP contribution in [0.25, 0.3) is 0 Å². The maximum absolute atomic E-state index is 11.7. The van der Waals surface area contributed by atoms with E-state index in [2.05, 4.69) is 21.2 Å². The molecule has 17 heavy (non-hydrogen) atoms. The number of amides is 1. The van der Waals surface area contributed by atoms with E-state index in [9.17, 15) is 9.59 Å². The lowest BCUT2D eigenvalue weighted by Gasteiger charge is -2.12. The molecular formula is C10H11BrN2O4. The Bertz CT molecular complexity index is 430. The predicted octanol–water partition coefficient (Wildman–Crippen LogP) is 0.207. The first-order valence-electron chi connectivity index (χ1n) is 4.64. The highest BCUT2D eigenvalue weighted by Gasteiger charge is 2.19. The standard InChI is InChI=1S/C10H11BrN2O4/c11-6-1-5(2-7(12)3-6)9(15)13-8(4-14)10(16)17/h1-3,8,14H,4,12H2,(H,13,15)(H,16,17). The Balaban J connectivity index is 2.86. The molecule has 1 aromatic rings. The number of nitrogens with one attached hydrogen (secondary N) is 1. The topological polar surface area (TPSA) is 113 Å². The van der Waals surface area contributed by atoms with Crippen LogP contribution in [0, 0.1) is 0 Å². The normalized spacial score (nSPS) is 11.9. The zero-order valence-electron chi connectivity index (χ0n) is 8.68. The molecule has 1 unspecified atom stereocenters. The van der Waals surface area contributed by atoms with Gasteiger partial charge in [-0.25, -0.2) is 4.79 Å². The Kier molecular flexibility index (Phi) is 4.47. The van der Waals surface area contributed by atoms with Gasteiger partial charge in [0.1, 0.15) is 0 Å². The fourth-order valence-electron chi connectivity index (χ4n) is 1.17. The second-order valence-corrected chi connectivity index (χ2v) is 4.24. The minimum absolute atomic E-state index is 0.219. The Morgan fingerprint density at radius 3 is 2.53 bits per heavy atom. The molecular weight excluding hydrogens is 292 g/mol. The minimum atomic E-state index is -1.33. The molecule has 0 aromatic heterocycles. The quantitative estimate of drug-likeness (QED) is 0.594. The first-order valence-corrected chi connectivity index (χ1v) is 5.44. The number of nitrogens with two attached hydrogens (primary N) is 1. The van der Waals surface area contributed by atoms with Gasteiger partial charge < -0.3 is 21.3 Å². The first kappa shape index (κ1) is 13.5. The van der Waals surface area contributed by atoms with Gasteiger partial charge in [0.05, 0.1) is 6.61 Å². The lowest BCUT2D eigenvalue weighted by Crippen LogP contribution is -2.43. The number of carboxylic acid groups (broad SMARTS) is 1. The third kappa shape index (κ3) is 3.72. The highest BCUT2D eigenvalue weighted by Crippen LogP contribution is 2.17. The summed E-state index contributed by atoms with van der Waals surface area (Å²) in [4.78, 5) is 22.3. The predicted molar refractivity (Wildman–Crippen MR) is 64.5 cm³/mol. The van der Waals surface area contributed by atoms with Gasteiger partial charge >= 0.3 is 5.97 Å². The van der Waals surface area contributed by atoms with E-state index < -0.39 is 24.5 Å². The molecule has 1 aromatic carbocycles. The fraction of sp³-hybridized carbons (Fsp3) is 0.200. The molecule has 1 rings (SSSR count). The van der Waals surface area contributed by atoms with Crippen molar-refractivity contribution in [3.05, 3.63) is 28.2 Å². The highest BCUT2D eigenvalue weighted by molar-refractivity contribution is 9.10. The molecule has 0 aliphatic rings. The molecule has 92 valence electrons. The van der Waals surface area contributed by atoms with Crippen molar-refractivity contribution in [2.75, 3.05) is 12.3 Å². The van der Waals surface area contributed by atoms with E-state index >= 15 is 0 Å². The van der Waals surface area contributed by atoms with Gasteiger partial charge in [-0.05, 0) is 18.2 Å². The number of carboxylic acids is 1. The van der Waals surface area contributed by atoms with Crippen LogP contribution in [0.1, 0.15) is 10.4 Å². The Labute approximate surface area is 106 Å². The van der Waals surface area contributed by atoms with Gasteiger partial charge in [-0.3, -0.25) is 4.79 Å². The molecule has 1 amide bonds. The number of benzene rings is 1. The number of aliphatic hydroxyl groups excluding tert-OH is 1. The molecule has 0 saturated carbocycles. The van der Waals surface area contributed by atoms with Crippen LogP contribution in [-0.2, 0) is 4.79 Å². The van der Waals surface area contributed by atoms with Gasteiger partial charge in [-0.2, -0.15) is 0 Å². The molecule has 5 N–H and O–H groups in total. The summed E-state index contributed by atoms with van der Waals surface area (Å²) in [6.45, 7) is -0.676. The maximum atomic E-state index is 11.7. The third-order valence-corrected chi connectivity index (χ3v) is 2.43. The van der Waals surface area contributed by atoms with Crippen LogP contribution in [0.2, 0.25) is 0 Å². The Hall–Kier alpha value is -1.60. The fourth-order valence-corrected chi connectivity index (χ4v) is 1.68. The number of aliphatic hydroxyl groups is 1. The van der Waals surface area contributed by atoms with Crippen LogP contribution >= 0.6 is 15.9 Å². The van der Waals surface area contributed by atoms with Crippen molar-refractivity contribution in [3.63, 3.8) is 0 Å². The summed E-state index contributed by atoms with van der Waals surface area (Å²) in [7, 11) is 0. The highest BCUT2D eigenvalue weighted by atomic mass is 79.9. The number of aliphatic carboxylic acids is 1. The maximum Gasteiger partial charge on any atom is 0.328 e. The second-order valence-electron chi connectivity index (χ2n) is 3.32. The van der Waals surface area contributed by atoms with Crippen LogP contribution in [0.15, 0.2) is 22.7 Å². The molecule has 6 nitrogen and oxygen atoms in total. The van der Waals surface area contributed by atoms with Crippen molar-refractivity contribution in [2.45, 2.75) is 6.04 Å². The number of halogens is 1. The van der Waals surface area contributed by atoms with Crippen molar-refractivity contribution >= 4 is 33.5 Å². The van der Waals surface area contributed by atoms with Crippen molar-refractivity contribution in [2.24, 2.45) is 0 Å². The van der Waals surface area contributed by atoms with Crippen molar-refractivity contribution in [3.8, 4) is 0 Å². The summed E-state index contributed by atoms with van der Waals surface area (Å²) in [5, 5.41) is 19.6. The van der Waals surface area contributed by atoms with E-state index in [-0.39, 0.29) is 5.56 Å². The van der Waals surface area contributed by atoms with Gasteiger partial charge in [0.15, 0.2) is 6.04 Å². The summed E-state index contributed by atoms with van der Waals surface area (Å²) in [6.07, 6.45) is 0. The smallest absolute Gasteiger partial charge is 0.328 e. The van der Waals surface area contributed by atoms with E-state index in [1.54, 1.807) is 6.07 Å². The van der Waals surface area contributed by atoms with Crippen LogP contribution in [-0.4, -0.2) is 34.7 Å². The molecule has 0 bridgehead atoms. The number of carbonyl (C=O) groups excluding carboxylic acids is 1. The summed E-state index contributed by atoms with van der Waals surface area (Å²) in [6, 6.07) is 3.19. The monoisotopic (exact) mass is 302 g/mol. The number of hydrogen-bond acceptors (Lipinski definition) is 4. The van der Waals surface area contributed by atoms with Gasteiger partial charge in [0, 0.05) is 15.7 Å². The van der Waals surface area contributed by atoms with E-state index in [1.165, 1.54) is 12.1 Å².